The van der Waals surface area contributed by atoms with Crippen LogP contribution >= 0.6 is 11.3 Å². The van der Waals surface area contributed by atoms with Gasteiger partial charge in [0.05, 0.1) is 20.9 Å². The molecule has 33 heavy (non-hydrogen) atoms. The highest BCUT2D eigenvalue weighted by molar-refractivity contribution is 7.18. The molecule has 1 aromatic carbocycles. The molecule has 0 bridgehead atoms. The van der Waals surface area contributed by atoms with Crippen molar-refractivity contribution in [2.45, 2.75) is 86.2 Å². The third-order valence-electron chi connectivity index (χ3n) is 5.79. The van der Waals surface area contributed by atoms with Crippen molar-refractivity contribution in [3.05, 3.63) is 53.4 Å². The Balaban J connectivity index is 0.000000201. The number of aryl methyl sites for hydroxylation is 2. The molecule has 5 heteroatoms. The summed E-state index contributed by atoms with van der Waals surface area (Å²) in [5.74, 6) is 0.862. The second-order valence-electron chi connectivity index (χ2n) is 10.4. The standard InChI is InChI=1S/C16H13N3S.C10H21N.C2H6/c1-10-8-19-9-13(4-6-16(19)17-10)12-3-5-14-15(7-12)20-11(2)18-14;1-8-6-9(2,3)11-10(4,5)7-8;1-2/h3-9H,1-2H3;8,11H,6-7H2,1-5H3;1-2H3. The van der Waals surface area contributed by atoms with Crippen LogP contribution in [0.2, 0.25) is 0 Å². The minimum Gasteiger partial charge on any atom is -0.307 e. The molecule has 4 heterocycles. The predicted molar refractivity (Wildman–Crippen MR) is 144 cm³/mol. The number of hydrogen-bond donors (Lipinski definition) is 1. The molecule has 1 aliphatic heterocycles. The molecule has 1 fully saturated rings. The SMILES string of the molecule is CC.CC1CC(C)(C)NC(C)(C)C1.Cc1cn2cc(-c3ccc4nc(C)sc4c3)ccc2n1. The van der Waals surface area contributed by atoms with Crippen LogP contribution in [0.15, 0.2) is 42.7 Å². The van der Waals surface area contributed by atoms with Crippen LogP contribution in [0.1, 0.15) is 72.0 Å². The maximum absolute atomic E-state index is 4.50. The lowest BCUT2D eigenvalue weighted by Gasteiger charge is -2.45. The fourth-order valence-corrected chi connectivity index (χ4v) is 6.21. The Kier molecular flexibility index (Phi) is 7.65. The lowest BCUT2D eigenvalue weighted by Crippen LogP contribution is -2.57. The molecule has 0 amide bonds. The maximum Gasteiger partial charge on any atom is 0.136 e. The number of fused-ring (bicyclic) bond motifs is 2. The topological polar surface area (TPSA) is 42.2 Å². The number of nitrogens with one attached hydrogen (secondary N) is 1. The first-order chi connectivity index (χ1) is 15.5. The van der Waals surface area contributed by atoms with Crippen molar-refractivity contribution in [1.29, 1.82) is 0 Å². The van der Waals surface area contributed by atoms with E-state index in [1.165, 1.54) is 28.7 Å². The van der Waals surface area contributed by atoms with E-state index in [-0.39, 0.29) is 0 Å². The number of aromatic nitrogens is 3. The van der Waals surface area contributed by atoms with Gasteiger partial charge < -0.3 is 9.72 Å². The van der Waals surface area contributed by atoms with Crippen LogP contribution in [0, 0.1) is 19.8 Å². The molecule has 3 aromatic heterocycles. The third-order valence-corrected chi connectivity index (χ3v) is 6.73. The minimum absolute atomic E-state index is 0.334. The molecule has 1 N–H and O–H groups in total. The molecule has 4 aromatic rings. The van der Waals surface area contributed by atoms with Crippen LogP contribution < -0.4 is 5.32 Å². The van der Waals surface area contributed by atoms with Crippen molar-refractivity contribution >= 4 is 27.2 Å². The van der Waals surface area contributed by atoms with E-state index in [1.54, 1.807) is 11.3 Å². The fourth-order valence-electron chi connectivity index (χ4n) is 5.34. The number of hydrogen-bond acceptors (Lipinski definition) is 4. The highest BCUT2D eigenvalue weighted by Gasteiger charge is 2.35. The van der Waals surface area contributed by atoms with Gasteiger partial charge in [0.25, 0.3) is 0 Å². The average Bonchev–Trinajstić information content (AvgIpc) is 3.26. The Morgan fingerprint density at radius 3 is 2.18 bits per heavy atom. The largest absolute Gasteiger partial charge is 0.307 e. The molecule has 1 saturated heterocycles. The van der Waals surface area contributed by atoms with Gasteiger partial charge in [-0.05, 0) is 95.7 Å². The summed E-state index contributed by atoms with van der Waals surface area (Å²) in [6, 6.07) is 10.6. The molecule has 0 aliphatic carbocycles. The maximum atomic E-state index is 4.50. The molecule has 0 atom stereocenters. The summed E-state index contributed by atoms with van der Waals surface area (Å²) in [5, 5.41) is 4.77. The summed E-state index contributed by atoms with van der Waals surface area (Å²) < 4.78 is 3.31. The van der Waals surface area contributed by atoms with Crippen LogP contribution in [0.3, 0.4) is 0 Å². The van der Waals surface area contributed by atoms with Crippen molar-refractivity contribution in [2.24, 2.45) is 5.92 Å². The number of piperidine rings is 1. The monoisotopic (exact) mass is 464 g/mol. The summed E-state index contributed by atoms with van der Waals surface area (Å²) in [4.78, 5) is 8.96. The van der Waals surface area contributed by atoms with Gasteiger partial charge in [-0.1, -0.05) is 26.8 Å². The number of benzene rings is 1. The molecular formula is C28H40N4S. The van der Waals surface area contributed by atoms with Crippen LogP contribution in [0.4, 0.5) is 0 Å². The second-order valence-corrected chi connectivity index (χ2v) is 11.6. The Bertz CT molecular complexity index is 1120. The smallest absolute Gasteiger partial charge is 0.136 e. The lowest BCUT2D eigenvalue weighted by molar-refractivity contribution is 0.138. The van der Waals surface area contributed by atoms with E-state index in [4.69, 9.17) is 0 Å². The highest BCUT2D eigenvalue weighted by Crippen LogP contribution is 2.32. The number of rotatable bonds is 1. The fraction of sp³-hybridized carbons (Fsp3) is 0.500. The number of nitrogens with zero attached hydrogens (tertiary/aromatic N) is 3. The summed E-state index contributed by atoms with van der Waals surface area (Å²) in [7, 11) is 0. The van der Waals surface area contributed by atoms with Gasteiger partial charge in [0.15, 0.2) is 0 Å². The second kappa shape index (κ2) is 9.94. The number of pyridine rings is 1. The first-order valence-electron chi connectivity index (χ1n) is 12.1. The summed E-state index contributed by atoms with van der Waals surface area (Å²) >= 11 is 1.74. The summed E-state index contributed by atoms with van der Waals surface area (Å²) in [5.41, 5.74) is 6.19. The van der Waals surface area contributed by atoms with E-state index in [0.29, 0.717) is 11.1 Å². The van der Waals surface area contributed by atoms with Crippen LogP contribution in [0.5, 0.6) is 0 Å². The summed E-state index contributed by atoms with van der Waals surface area (Å²) in [6.07, 6.45) is 6.78. The van der Waals surface area contributed by atoms with Gasteiger partial charge >= 0.3 is 0 Å². The van der Waals surface area contributed by atoms with Crippen LogP contribution in [-0.2, 0) is 0 Å². The Labute approximate surface area is 203 Å². The molecule has 0 saturated carbocycles. The Morgan fingerprint density at radius 1 is 0.909 bits per heavy atom. The molecule has 4 nitrogen and oxygen atoms in total. The molecule has 0 radical (unpaired) electrons. The van der Waals surface area contributed by atoms with Gasteiger partial charge in [-0.25, -0.2) is 9.97 Å². The van der Waals surface area contributed by atoms with E-state index in [1.807, 2.05) is 33.9 Å². The van der Waals surface area contributed by atoms with E-state index < -0.39 is 0 Å². The average molecular weight is 465 g/mol. The van der Waals surface area contributed by atoms with Gasteiger partial charge in [0.1, 0.15) is 5.65 Å². The van der Waals surface area contributed by atoms with E-state index >= 15 is 0 Å². The van der Waals surface area contributed by atoms with Crippen LogP contribution in [-0.4, -0.2) is 25.4 Å². The van der Waals surface area contributed by atoms with E-state index in [9.17, 15) is 0 Å². The van der Waals surface area contributed by atoms with Crippen molar-refractivity contribution in [3.63, 3.8) is 0 Å². The van der Waals surface area contributed by atoms with Crippen molar-refractivity contribution in [1.82, 2.24) is 19.7 Å². The first-order valence-corrected chi connectivity index (χ1v) is 12.9. The van der Waals surface area contributed by atoms with Gasteiger partial charge in [0.2, 0.25) is 0 Å². The van der Waals surface area contributed by atoms with Gasteiger partial charge in [-0.3, -0.25) is 0 Å². The van der Waals surface area contributed by atoms with Crippen molar-refractivity contribution in [2.75, 3.05) is 0 Å². The lowest BCUT2D eigenvalue weighted by atomic mass is 9.77. The molecule has 0 spiro atoms. The van der Waals surface area contributed by atoms with Crippen LogP contribution in [0.25, 0.3) is 27.0 Å². The third kappa shape index (κ3) is 6.42. The first kappa shape index (κ1) is 25.4. The zero-order valence-electron chi connectivity index (χ0n) is 21.8. The van der Waals surface area contributed by atoms with E-state index in [2.05, 4.69) is 90.8 Å². The van der Waals surface area contributed by atoms with Crippen molar-refractivity contribution in [3.8, 4) is 11.1 Å². The molecule has 5 rings (SSSR count). The Morgan fingerprint density at radius 2 is 1.55 bits per heavy atom. The van der Waals surface area contributed by atoms with Gasteiger partial charge in [0, 0.05) is 23.5 Å². The van der Waals surface area contributed by atoms with Gasteiger partial charge in [-0.2, -0.15) is 0 Å². The quantitative estimate of drug-likeness (QED) is 0.312. The highest BCUT2D eigenvalue weighted by atomic mass is 32.1. The van der Waals surface area contributed by atoms with Gasteiger partial charge in [-0.15, -0.1) is 11.3 Å². The number of thiazole rings is 1. The molecule has 178 valence electrons. The predicted octanol–water partition coefficient (Wildman–Crippen LogP) is 7.82. The zero-order chi connectivity index (χ0) is 24.4. The Hall–Kier alpha value is -2.24. The molecule has 0 unspecified atom stereocenters. The normalized spacial score (nSPS) is 17.2. The summed E-state index contributed by atoms with van der Waals surface area (Å²) in [6.45, 7) is 19.6. The molecule has 1 aliphatic rings. The van der Waals surface area contributed by atoms with Crippen molar-refractivity contribution < 1.29 is 0 Å². The zero-order valence-corrected chi connectivity index (χ0v) is 22.6. The molecular weight excluding hydrogens is 424 g/mol. The minimum atomic E-state index is 0.334. The number of imidazole rings is 1. The van der Waals surface area contributed by atoms with E-state index in [0.717, 1.165) is 27.8 Å².